The lowest BCUT2D eigenvalue weighted by Crippen LogP contribution is -2.52. The quantitative estimate of drug-likeness (QED) is 0.522. The van der Waals surface area contributed by atoms with Crippen LogP contribution in [0.5, 0.6) is 0 Å². The molecule has 2 aromatic carbocycles. The van der Waals surface area contributed by atoms with Crippen molar-refractivity contribution in [2.75, 3.05) is 45.8 Å². The standard InChI is InChI=1S/C25H30N4O3S2/c30-24(28-12-6-9-21(17-28)25-26-22-10-4-5-11-23(22)33-25)18-27-13-15-29(16-14-27)34(31,32)19-20-7-2-1-3-8-20/h1-5,7-8,10-11,21H,6,9,12-19H2. The number of carbonyl (C=O) groups excluding carboxylic acids is 1. The maximum atomic E-state index is 13.1. The van der Waals surface area contributed by atoms with E-state index in [1.807, 2.05) is 53.4 Å². The Morgan fingerprint density at radius 2 is 1.71 bits per heavy atom. The maximum absolute atomic E-state index is 13.1. The van der Waals surface area contributed by atoms with Crippen molar-refractivity contribution >= 4 is 37.5 Å². The molecule has 2 fully saturated rings. The zero-order valence-corrected chi connectivity index (χ0v) is 20.8. The summed E-state index contributed by atoms with van der Waals surface area (Å²) in [6.45, 7) is 3.85. The van der Waals surface area contributed by atoms with Crippen molar-refractivity contribution in [2.24, 2.45) is 0 Å². The number of rotatable bonds is 6. The highest BCUT2D eigenvalue weighted by molar-refractivity contribution is 7.88. The van der Waals surface area contributed by atoms with Crippen molar-refractivity contribution in [1.29, 1.82) is 0 Å². The Morgan fingerprint density at radius 3 is 2.47 bits per heavy atom. The molecule has 0 aliphatic carbocycles. The van der Waals surface area contributed by atoms with E-state index in [-0.39, 0.29) is 17.6 Å². The first-order chi connectivity index (χ1) is 16.5. The minimum absolute atomic E-state index is 0.0215. The SMILES string of the molecule is O=C(CN1CCN(S(=O)(=O)Cc2ccccc2)CC1)N1CCCC(c2nc3ccccc3s2)C1. The summed E-state index contributed by atoms with van der Waals surface area (Å²) in [5, 5.41) is 1.12. The summed E-state index contributed by atoms with van der Waals surface area (Å²) in [7, 11) is -3.35. The summed E-state index contributed by atoms with van der Waals surface area (Å²) in [5.41, 5.74) is 1.83. The summed E-state index contributed by atoms with van der Waals surface area (Å²) in [4.78, 5) is 21.9. The molecule has 0 spiro atoms. The van der Waals surface area contributed by atoms with Gasteiger partial charge in [-0.2, -0.15) is 4.31 Å². The van der Waals surface area contributed by atoms with Crippen molar-refractivity contribution < 1.29 is 13.2 Å². The van der Waals surface area contributed by atoms with Crippen molar-refractivity contribution in [3.05, 3.63) is 65.2 Å². The number of piperidine rings is 1. The number of amides is 1. The van der Waals surface area contributed by atoms with E-state index < -0.39 is 10.0 Å². The van der Waals surface area contributed by atoms with Gasteiger partial charge in [0.25, 0.3) is 0 Å². The molecule has 3 heterocycles. The van der Waals surface area contributed by atoms with Gasteiger partial charge in [-0.25, -0.2) is 13.4 Å². The van der Waals surface area contributed by atoms with Gasteiger partial charge >= 0.3 is 0 Å². The average Bonchev–Trinajstić information content (AvgIpc) is 3.29. The van der Waals surface area contributed by atoms with Gasteiger partial charge in [-0.15, -0.1) is 11.3 Å². The summed E-state index contributed by atoms with van der Waals surface area (Å²) < 4.78 is 28.3. The molecule has 2 aliphatic heterocycles. The molecule has 1 unspecified atom stereocenters. The second-order valence-electron chi connectivity index (χ2n) is 9.12. The monoisotopic (exact) mass is 498 g/mol. The molecule has 180 valence electrons. The number of piperazine rings is 1. The normalized spacial score (nSPS) is 20.6. The Morgan fingerprint density at radius 1 is 0.971 bits per heavy atom. The molecule has 5 rings (SSSR count). The Bertz CT molecular complexity index is 1200. The van der Waals surface area contributed by atoms with Crippen molar-refractivity contribution in [3.63, 3.8) is 0 Å². The summed E-state index contributed by atoms with van der Waals surface area (Å²) in [6, 6.07) is 17.5. The summed E-state index contributed by atoms with van der Waals surface area (Å²) in [5.74, 6) is 0.440. The van der Waals surface area contributed by atoms with Gasteiger partial charge in [-0.05, 0) is 30.5 Å². The van der Waals surface area contributed by atoms with Crippen LogP contribution in [0.4, 0.5) is 0 Å². The van der Waals surface area contributed by atoms with E-state index in [0.29, 0.717) is 39.3 Å². The van der Waals surface area contributed by atoms with Crippen molar-refractivity contribution in [2.45, 2.75) is 24.5 Å². The first-order valence-electron chi connectivity index (χ1n) is 11.9. The fourth-order valence-corrected chi connectivity index (χ4v) is 7.41. The zero-order chi connectivity index (χ0) is 23.5. The van der Waals surface area contributed by atoms with Crippen LogP contribution in [0.15, 0.2) is 54.6 Å². The van der Waals surface area contributed by atoms with E-state index in [1.165, 1.54) is 4.70 Å². The number of benzene rings is 2. The molecule has 0 N–H and O–H groups in total. The Labute approximate surface area is 205 Å². The van der Waals surface area contributed by atoms with Gasteiger partial charge in [-0.1, -0.05) is 42.5 Å². The molecule has 3 aromatic rings. The number of sulfonamides is 1. The van der Waals surface area contributed by atoms with Crippen molar-refractivity contribution in [1.82, 2.24) is 19.1 Å². The van der Waals surface area contributed by atoms with Crippen LogP contribution < -0.4 is 0 Å². The molecule has 0 saturated carbocycles. The number of likely N-dealkylation sites (tertiary alicyclic amines) is 1. The first-order valence-corrected chi connectivity index (χ1v) is 14.3. The third-order valence-corrected chi connectivity index (χ3v) is 9.76. The second kappa shape index (κ2) is 10.1. The van der Waals surface area contributed by atoms with E-state index >= 15 is 0 Å². The van der Waals surface area contributed by atoms with Gasteiger partial charge < -0.3 is 4.90 Å². The second-order valence-corrected chi connectivity index (χ2v) is 12.1. The number of hydrogen-bond donors (Lipinski definition) is 0. The van der Waals surface area contributed by atoms with E-state index in [9.17, 15) is 13.2 Å². The molecule has 0 bridgehead atoms. The summed E-state index contributed by atoms with van der Waals surface area (Å²) >= 11 is 1.73. The van der Waals surface area contributed by atoms with Crippen LogP contribution in [0, 0.1) is 0 Å². The lowest BCUT2D eigenvalue weighted by Gasteiger charge is -2.36. The number of carbonyl (C=O) groups is 1. The van der Waals surface area contributed by atoms with Crippen LogP contribution in [0.3, 0.4) is 0 Å². The number of aromatic nitrogens is 1. The van der Waals surface area contributed by atoms with Crippen molar-refractivity contribution in [3.8, 4) is 0 Å². The van der Waals surface area contributed by atoms with E-state index in [1.54, 1.807) is 15.6 Å². The fourth-order valence-electron chi connectivity index (χ4n) is 4.80. The molecule has 2 aliphatic rings. The Kier molecular flexibility index (Phi) is 6.96. The fraction of sp³-hybridized carbons (Fsp3) is 0.440. The van der Waals surface area contributed by atoms with Gasteiger partial charge in [0, 0.05) is 45.2 Å². The topological polar surface area (TPSA) is 73.8 Å². The van der Waals surface area contributed by atoms with Gasteiger partial charge in [0.2, 0.25) is 15.9 Å². The van der Waals surface area contributed by atoms with Crippen LogP contribution >= 0.6 is 11.3 Å². The molecule has 1 atom stereocenters. The highest BCUT2D eigenvalue weighted by Crippen LogP contribution is 2.33. The number of hydrogen-bond acceptors (Lipinski definition) is 6. The van der Waals surface area contributed by atoms with Gasteiger partial charge in [0.1, 0.15) is 0 Å². The van der Waals surface area contributed by atoms with Crippen LogP contribution in [-0.4, -0.2) is 79.2 Å². The molecule has 1 amide bonds. The molecular weight excluding hydrogens is 468 g/mol. The van der Waals surface area contributed by atoms with Crippen LogP contribution in [0.1, 0.15) is 29.3 Å². The Balaban J connectivity index is 1.14. The number of fused-ring (bicyclic) bond motifs is 1. The molecule has 0 radical (unpaired) electrons. The minimum Gasteiger partial charge on any atom is -0.341 e. The van der Waals surface area contributed by atoms with Crippen LogP contribution in [0.2, 0.25) is 0 Å². The molecule has 9 heteroatoms. The third-order valence-electron chi connectivity index (χ3n) is 6.71. The number of thiazole rings is 1. The van der Waals surface area contributed by atoms with Gasteiger partial charge in [-0.3, -0.25) is 9.69 Å². The first kappa shape index (κ1) is 23.4. The van der Waals surface area contributed by atoms with Crippen LogP contribution in [-0.2, 0) is 20.6 Å². The molecule has 34 heavy (non-hydrogen) atoms. The zero-order valence-electron chi connectivity index (χ0n) is 19.2. The largest absolute Gasteiger partial charge is 0.341 e. The third kappa shape index (κ3) is 5.33. The highest BCUT2D eigenvalue weighted by atomic mass is 32.2. The lowest BCUT2D eigenvalue weighted by atomic mass is 9.98. The lowest BCUT2D eigenvalue weighted by molar-refractivity contribution is -0.133. The van der Waals surface area contributed by atoms with Gasteiger partial charge in [0.15, 0.2) is 0 Å². The number of para-hydroxylation sites is 1. The van der Waals surface area contributed by atoms with E-state index in [0.717, 1.165) is 35.5 Å². The van der Waals surface area contributed by atoms with E-state index in [2.05, 4.69) is 11.0 Å². The van der Waals surface area contributed by atoms with Gasteiger partial charge in [0.05, 0.1) is 27.5 Å². The minimum atomic E-state index is -3.35. The van der Waals surface area contributed by atoms with Crippen LogP contribution in [0.25, 0.3) is 10.2 Å². The molecule has 2 saturated heterocycles. The predicted molar refractivity (Wildman–Crippen MR) is 135 cm³/mol. The average molecular weight is 499 g/mol. The number of nitrogens with zero attached hydrogens (tertiary/aromatic N) is 4. The maximum Gasteiger partial charge on any atom is 0.236 e. The molecule has 7 nitrogen and oxygen atoms in total. The molecular formula is C25H30N4O3S2. The van der Waals surface area contributed by atoms with E-state index in [4.69, 9.17) is 4.98 Å². The highest BCUT2D eigenvalue weighted by Gasteiger charge is 2.31. The predicted octanol–water partition coefficient (Wildman–Crippen LogP) is 3.15. The smallest absolute Gasteiger partial charge is 0.236 e. The Hall–Kier alpha value is -2.33. The summed E-state index contributed by atoms with van der Waals surface area (Å²) in [6.07, 6.45) is 2.04. The molecule has 1 aromatic heterocycles.